The lowest BCUT2D eigenvalue weighted by atomic mass is 10.2. The standard InChI is InChI=1S/C22H16Cl3N3O3/c23-15-4-1-3-14(9-15)11-28-12-16(10-26-28)27-22(29)20-8-7-17(31-20)13-30-19-6-2-5-18(24)21(19)25/h1-10,12H,11,13H2,(H,27,29). The molecular formula is C22H16Cl3N3O3. The van der Waals surface area contributed by atoms with Crippen molar-refractivity contribution < 1.29 is 13.9 Å². The highest BCUT2D eigenvalue weighted by Crippen LogP contribution is 2.32. The van der Waals surface area contributed by atoms with E-state index in [4.69, 9.17) is 44.0 Å². The molecule has 0 atom stereocenters. The summed E-state index contributed by atoms with van der Waals surface area (Å²) >= 11 is 18.1. The van der Waals surface area contributed by atoms with Gasteiger partial charge in [0, 0.05) is 11.2 Å². The van der Waals surface area contributed by atoms with E-state index in [9.17, 15) is 4.79 Å². The third-order valence-electron chi connectivity index (χ3n) is 4.30. The Balaban J connectivity index is 1.35. The fourth-order valence-electron chi connectivity index (χ4n) is 2.85. The number of rotatable bonds is 7. The molecule has 0 bridgehead atoms. The molecule has 31 heavy (non-hydrogen) atoms. The van der Waals surface area contributed by atoms with E-state index in [2.05, 4.69) is 10.4 Å². The highest BCUT2D eigenvalue weighted by molar-refractivity contribution is 6.42. The van der Waals surface area contributed by atoms with Gasteiger partial charge in [0.05, 0.1) is 23.5 Å². The van der Waals surface area contributed by atoms with Gasteiger partial charge in [0.1, 0.15) is 23.1 Å². The van der Waals surface area contributed by atoms with Gasteiger partial charge in [-0.1, -0.05) is 53.0 Å². The van der Waals surface area contributed by atoms with Crippen molar-refractivity contribution in [3.63, 3.8) is 0 Å². The summed E-state index contributed by atoms with van der Waals surface area (Å²) in [4.78, 5) is 12.5. The maximum atomic E-state index is 12.5. The molecular weight excluding hydrogens is 461 g/mol. The molecule has 0 spiro atoms. The lowest BCUT2D eigenvalue weighted by Gasteiger charge is -2.07. The van der Waals surface area contributed by atoms with Crippen LogP contribution in [0.15, 0.2) is 71.4 Å². The Morgan fingerprint density at radius 1 is 1.10 bits per heavy atom. The quantitative estimate of drug-likeness (QED) is 0.339. The number of halogens is 3. The van der Waals surface area contributed by atoms with Crippen LogP contribution in [0.3, 0.4) is 0 Å². The SMILES string of the molecule is O=C(Nc1cnn(Cc2cccc(Cl)c2)c1)c1ccc(COc2cccc(Cl)c2Cl)o1. The first-order valence-electron chi connectivity index (χ1n) is 9.22. The summed E-state index contributed by atoms with van der Waals surface area (Å²) in [6.07, 6.45) is 3.30. The van der Waals surface area contributed by atoms with Crippen molar-refractivity contribution >= 4 is 46.4 Å². The lowest BCUT2D eigenvalue weighted by molar-refractivity contribution is 0.0992. The number of nitrogens with one attached hydrogen (secondary N) is 1. The third-order valence-corrected chi connectivity index (χ3v) is 5.33. The molecule has 2 aromatic heterocycles. The van der Waals surface area contributed by atoms with Crippen molar-refractivity contribution in [2.45, 2.75) is 13.2 Å². The van der Waals surface area contributed by atoms with Crippen molar-refractivity contribution in [3.8, 4) is 5.75 Å². The average molecular weight is 477 g/mol. The number of amides is 1. The average Bonchev–Trinajstić information content (AvgIpc) is 3.39. The fraction of sp³-hybridized carbons (Fsp3) is 0.0909. The second-order valence-corrected chi connectivity index (χ2v) is 7.84. The van der Waals surface area contributed by atoms with Gasteiger partial charge < -0.3 is 14.5 Å². The van der Waals surface area contributed by atoms with E-state index in [1.807, 2.05) is 24.3 Å². The van der Waals surface area contributed by atoms with Crippen LogP contribution >= 0.6 is 34.8 Å². The first kappa shape index (κ1) is 21.3. The Labute approximate surface area is 193 Å². The van der Waals surface area contributed by atoms with Crippen LogP contribution in [0.1, 0.15) is 21.9 Å². The Morgan fingerprint density at radius 3 is 2.77 bits per heavy atom. The molecule has 0 aliphatic rings. The van der Waals surface area contributed by atoms with Gasteiger partial charge in [-0.2, -0.15) is 5.10 Å². The van der Waals surface area contributed by atoms with Crippen LogP contribution in [0.25, 0.3) is 0 Å². The van der Waals surface area contributed by atoms with Crippen LogP contribution in [0, 0.1) is 0 Å². The highest BCUT2D eigenvalue weighted by atomic mass is 35.5. The van der Waals surface area contributed by atoms with E-state index < -0.39 is 5.91 Å². The third kappa shape index (κ3) is 5.41. The smallest absolute Gasteiger partial charge is 0.291 e. The van der Waals surface area contributed by atoms with E-state index in [1.165, 1.54) is 0 Å². The Bertz CT molecular complexity index is 1220. The molecule has 1 N–H and O–H groups in total. The highest BCUT2D eigenvalue weighted by Gasteiger charge is 2.14. The maximum Gasteiger partial charge on any atom is 0.291 e. The van der Waals surface area contributed by atoms with Crippen LogP contribution in [-0.2, 0) is 13.2 Å². The summed E-state index contributed by atoms with van der Waals surface area (Å²) in [5.41, 5.74) is 1.55. The second kappa shape index (κ2) is 9.47. The van der Waals surface area contributed by atoms with E-state index in [-0.39, 0.29) is 12.4 Å². The van der Waals surface area contributed by atoms with Crippen LogP contribution in [0.4, 0.5) is 5.69 Å². The number of carbonyl (C=O) groups is 1. The molecule has 4 aromatic rings. The van der Waals surface area contributed by atoms with Crippen LogP contribution in [-0.4, -0.2) is 15.7 Å². The van der Waals surface area contributed by atoms with Crippen LogP contribution in [0.5, 0.6) is 5.75 Å². The lowest BCUT2D eigenvalue weighted by Crippen LogP contribution is -2.10. The predicted molar refractivity (Wildman–Crippen MR) is 120 cm³/mol. The molecule has 0 aliphatic heterocycles. The molecule has 0 fully saturated rings. The van der Waals surface area contributed by atoms with Crippen molar-refractivity contribution in [2.24, 2.45) is 0 Å². The topological polar surface area (TPSA) is 69.3 Å². The molecule has 6 nitrogen and oxygen atoms in total. The molecule has 4 rings (SSSR count). The Kier molecular flexibility index (Phi) is 6.51. The first-order chi connectivity index (χ1) is 15.0. The monoisotopic (exact) mass is 475 g/mol. The number of carbonyl (C=O) groups excluding carboxylic acids is 1. The van der Waals surface area contributed by atoms with Crippen molar-refractivity contribution in [1.82, 2.24) is 9.78 Å². The molecule has 1 amide bonds. The van der Waals surface area contributed by atoms with E-state index >= 15 is 0 Å². The fourth-order valence-corrected chi connectivity index (χ4v) is 3.41. The molecule has 158 valence electrons. The summed E-state index contributed by atoms with van der Waals surface area (Å²) in [5, 5.41) is 8.40. The number of ether oxygens (including phenoxy) is 1. The number of anilines is 1. The van der Waals surface area contributed by atoms with Gasteiger partial charge in [0.25, 0.3) is 5.91 Å². The van der Waals surface area contributed by atoms with E-state index in [1.54, 1.807) is 47.4 Å². The minimum atomic E-state index is -0.394. The minimum absolute atomic E-state index is 0.102. The van der Waals surface area contributed by atoms with Gasteiger partial charge >= 0.3 is 0 Å². The molecule has 0 saturated carbocycles. The molecule has 2 aromatic carbocycles. The largest absolute Gasteiger partial charge is 0.484 e. The second-order valence-electron chi connectivity index (χ2n) is 6.62. The van der Waals surface area contributed by atoms with Gasteiger partial charge in [-0.25, -0.2) is 0 Å². The molecule has 9 heteroatoms. The van der Waals surface area contributed by atoms with Gasteiger partial charge in [-0.15, -0.1) is 0 Å². The molecule has 0 saturated heterocycles. The van der Waals surface area contributed by atoms with E-state index in [0.29, 0.717) is 38.8 Å². The summed E-state index contributed by atoms with van der Waals surface area (Å²) in [5.74, 6) is 0.661. The maximum absolute atomic E-state index is 12.5. The number of benzene rings is 2. The summed E-state index contributed by atoms with van der Waals surface area (Å²) in [6, 6.07) is 15.8. The van der Waals surface area contributed by atoms with Crippen LogP contribution in [0.2, 0.25) is 15.1 Å². The Morgan fingerprint density at radius 2 is 1.94 bits per heavy atom. The summed E-state index contributed by atoms with van der Waals surface area (Å²) < 4.78 is 12.9. The van der Waals surface area contributed by atoms with Gasteiger partial charge in [0.2, 0.25) is 0 Å². The Hall–Kier alpha value is -2.93. The van der Waals surface area contributed by atoms with Crippen molar-refractivity contribution in [2.75, 3.05) is 5.32 Å². The molecule has 2 heterocycles. The van der Waals surface area contributed by atoms with Gasteiger partial charge in [0.15, 0.2) is 5.76 Å². The van der Waals surface area contributed by atoms with Gasteiger partial charge in [-0.3, -0.25) is 9.48 Å². The van der Waals surface area contributed by atoms with Gasteiger partial charge in [-0.05, 0) is 42.0 Å². The minimum Gasteiger partial charge on any atom is -0.484 e. The van der Waals surface area contributed by atoms with Crippen molar-refractivity contribution in [3.05, 3.63) is 99.1 Å². The zero-order valence-corrected chi connectivity index (χ0v) is 18.3. The predicted octanol–water partition coefficient (Wildman–Crippen LogP) is 6.32. The zero-order chi connectivity index (χ0) is 21.8. The van der Waals surface area contributed by atoms with Crippen LogP contribution < -0.4 is 10.1 Å². The number of nitrogens with zero attached hydrogens (tertiary/aromatic N) is 2. The molecule has 0 aliphatic carbocycles. The normalized spacial score (nSPS) is 10.8. The van der Waals surface area contributed by atoms with E-state index in [0.717, 1.165) is 5.56 Å². The molecule has 0 unspecified atom stereocenters. The molecule has 0 radical (unpaired) electrons. The summed E-state index contributed by atoms with van der Waals surface area (Å²) in [6.45, 7) is 0.635. The zero-order valence-electron chi connectivity index (χ0n) is 16.0. The summed E-state index contributed by atoms with van der Waals surface area (Å²) in [7, 11) is 0. The van der Waals surface area contributed by atoms with Crippen molar-refractivity contribution in [1.29, 1.82) is 0 Å². The number of aromatic nitrogens is 2. The first-order valence-corrected chi connectivity index (χ1v) is 10.3. The number of hydrogen-bond acceptors (Lipinski definition) is 4. The number of hydrogen-bond donors (Lipinski definition) is 1. The number of furan rings is 1.